The first kappa shape index (κ1) is 15.1. The van der Waals surface area contributed by atoms with Gasteiger partial charge in [-0.2, -0.15) is 0 Å². The fraction of sp³-hybridized carbons (Fsp3) is 0.571. The smallest absolute Gasteiger partial charge is 0.220 e. The third-order valence-corrected chi connectivity index (χ3v) is 3.76. The minimum atomic E-state index is 0.0417. The van der Waals surface area contributed by atoms with Gasteiger partial charge in [0.25, 0.3) is 0 Å². The van der Waals surface area contributed by atoms with Gasteiger partial charge in [0, 0.05) is 24.7 Å². The zero-order chi connectivity index (χ0) is 14.4. The zero-order valence-corrected chi connectivity index (χ0v) is 12.1. The van der Waals surface area contributed by atoms with Crippen LogP contribution in [0.1, 0.15) is 25.7 Å². The number of hydrogen-bond donors (Lipinski definition) is 2. The molecule has 0 radical (unpaired) electrons. The Labute approximate surface area is 123 Å². The molecule has 3 N–H and O–H groups in total. The molecule has 1 saturated carbocycles. The molecule has 1 amide bonds. The van der Waals surface area contributed by atoms with Gasteiger partial charge in [0.2, 0.25) is 11.8 Å². The Hall–Kier alpha value is -1.33. The summed E-state index contributed by atoms with van der Waals surface area (Å²) in [5.74, 6) is 0.871. The molecule has 1 aromatic rings. The molecule has 5 nitrogen and oxygen atoms in total. The summed E-state index contributed by atoms with van der Waals surface area (Å²) >= 11 is 5.72. The van der Waals surface area contributed by atoms with E-state index in [0.717, 1.165) is 19.3 Å². The van der Waals surface area contributed by atoms with Gasteiger partial charge in [0.05, 0.1) is 11.6 Å². The molecule has 2 atom stereocenters. The molecular weight excluding hydrogens is 278 g/mol. The normalized spacial score (nSPS) is 21.7. The predicted octanol–water partition coefficient (Wildman–Crippen LogP) is 1.75. The number of rotatable bonds is 6. The van der Waals surface area contributed by atoms with E-state index in [9.17, 15) is 4.79 Å². The minimum Gasteiger partial charge on any atom is -0.476 e. The number of nitrogens with one attached hydrogen (secondary N) is 1. The van der Waals surface area contributed by atoms with Gasteiger partial charge < -0.3 is 15.8 Å². The number of aromatic nitrogens is 1. The van der Waals surface area contributed by atoms with Crippen LogP contribution in [0.5, 0.6) is 5.88 Å². The maximum absolute atomic E-state index is 11.7. The lowest BCUT2D eigenvalue weighted by Gasteiger charge is -2.14. The molecule has 0 aliphatic heterocycles. The summed E-state index contributed by atoms with van der Waals surface area (Å²) < 4.78 is 5.39. The fourth-order valence-electron chi connectivity index (χ4n) is 2.42. The number of hydrogen-bond acceptors (Lipinski definition) is 4. The molecule has 0 unspecified atom stereocenters. The highest BCUT2D eigenvalue weighted by molar-refractivity contribution is 6.30. The number of amides is 1. The molecule has 1 aliphatic carbocycles. The summed E-state index contributed by atoms with van der Waals surface area (Å²) in [5, 5.41) is 3.41. The van der Waals surface area contributed by atoms with Crippen molar-refractivity contribution >= 4 is 17.5 Å². The molecule has 1 aromatic heterocycles. The molecule has 2 rings (SSSR count). The summed E-state index contributed by atoms with van der Waals surface area (Å²) in [4.78, 5) is 15.7. The maximum Gasteiger partial charge on any atom is 0.220 e. The van der Waals surface area contributed by atoms with Crippen LogP contribution < -0.4 is 15.8 Å². The van der Waals surface area contributed by atoms with Crippen LogP contribution in [-0.2, 0) is 4.79 Å². The third-order valence-electron chi connectivity index (χ3n) is 3.54. The van der Waals surface area contributed by atoms with E-state index in [-0.39, 0.29) is 11.9 Å². The highest BCUT2D eigenvalue weighted by Crippen LogP contribution is 2.26. The number of ether oxygens (including phenoxy) is 1. The lowest BCUT2D eigenvalue weighted by Crippen LogP contribution is -2.33. The predicted molar refractivity (Wildman–Crippen MR) is 77.7 cm³/mol. The van der Waals surface area contributed by atoms with Crippen molar-refractivity contribution in [2.75, 3.05) is 13.2 Å². The lowest BCUT2D eigenvalue weighted by molar-refractivity contribution is -0.122. The van der Waals surface area contributed by atoms with E-state index in [1.54, 1.807) is 12.1 Å². The van der Waals surface area contributed by atoms with E-state index in [0.29, 0.717) is 36.4 Å². The molecular formula is C14H20ClN3O2. The summed E-state index contributed by atoms with van der Waals surface area (Å²) in [5.41, 5.74) is 5.95. The van der Waals surface area contributed by atoms with Gasteiger partial charge >= 0.3 is 0 Å². The van der Waals surface area contributed by atoms with Crippen molar-refractivity contribution in [3.63, 3.8) is 0 Å². The van der Waals surface area contributed by atoms with Crippen LogP contribution in [0.25, 0.3) is 0 Å². The third kappa shape index (κ3) is 4.65. The van der Waals surface area contributed by atoms with Gasteiger partial charge in [-0.1, -0.05) is 18.0 Å². The van der Waals surface area contributed by atoms with Crippen molar-refractivity contribution in [1.29, 1.82) is 0 Å². The van der Waals surface area contributed by atoms with Crippen LogP contribution >= 0.6 is 11.6 Å². The van der Waals surface area contributed by atoms with Crippen molar-refractivity contribution in [2.45, 2.75) is 31.7 Å². The summed E-state index contributed by atoms with van der Waals surface area (Å²) in [6.07, 6.45) is 5.25. The van der Waals surface area contributed by atoms with Gasteiger partial charge in [-0.15, -0.1) is 0 Å². The Kier molecular flexibility index (Phi) is 5.61. The highest BCUT2D eigenvalue weighted by atomic mass is 35.5. The number of nitrogens with zero attached hydrogens (tertiary/aromatic N) is 1. The van der Waals surface area contributed by atoms with Crippen molar-refractivity contribution in [1.82, 2.24) is 10.3 Å². The molecule has 1 aliphatic rings. The fourth-order valence-corrected chi connectivity index (χ4v) is 2.53. The Morgan fingerprint density at radius 3 is 3.00 bits per heavy atom. The number of carbonyl (C=O) groups excluding carboxylic acids is 1. The quantitative estimate of drug-likeness (QED) is 0.784. The Morgan fingerprint density at radius 2 is 2.35 bits per heavy atom. The minimum absolute atomic E-state index is 0.0417. The molecule has 6 heteroatoms. The molecule has 0 aromatic carbocycles. The van der Waals surface area contributed by atoms with Gasteiger partial charge in [-0.3, -0.25) is 4.79 Å². The van der Waals surface area contributed by atoms with Gasteiger partial charge in [0.15, 0.2) is 0 Å². The molecule has 0 saturated heterocycles. The van der Waals surface area contributed by atoms with Gasteiger partial charge in [-0.25, -0.2) is 4.98 Å². The molecule has 1 heterocycles. The summed E-state index contributed by atoms with van der Waals surface area (Å²) in [6.45, 7) is 0.849. The lowest BCUT2D eigenvalue weighted by atomic mass is 10.00. The molecule has 0 bridgehead atoms. The summed E-state index contributed by atoms with van der Waals surface area (Å²) in [6, 6.07) is 3.58. The average Bonchev–Trinajstić information content (AvgIpc) is 2.82. The van der Waals surface area contributed by atoms with Gasteiger partial charge in [-0.05, 0) is 24.8 Å². The van der Waals surface area contributed by atoms with Crippen molar-refractivity contribution in [2.24, 2.45) is 11.7 Å². The van der Waals surface area contributed by atoms with E-state index < -0.39 is 0 Å². The summed E-state index contributed by atoms with van der Waals surface area (Å²) in [7, 11) is 0. The Bertz CT molecular complexity index is 439. The average molecular weight is 298 g/mol. The number of pyridine rings is 1. The van der Waals surface area contributed by atoms with E-state index in [1.807, 2.05) is 0 Å². The first-order valence-electron chi connectivity index (χ1n) is 6.92. The molecule has 20 heavy (non-hydrogen) atoms. The number of halogens is 1. The van der Waals surface area contributed by atoms with E-state index >= 15 is 0 Å². The zero-order valence-electron chi connectivity index (χ0n) is 11.3. The Balaban J connectivity index is 1.60. The van der Waals surface area contributed by atoms with Crippen LogP contribution in [0.4, 0.5) is 0 Å². The van der Waals surface area contributed by atoms with Crippen LogP contribution in [0.15, 0.2) is 18.3 Å². The molecule has 110 valence electrons. The van der Waals surface area contributed by atoms with Crippen molar-refractivity contribution in [3.05, 3.63) is 23.4 Å². The second-order valence-electron chi connectivity index (χ2n) is 5.07. The monoisotopic (exact) mass is 297 g/mol. The number of carbonyl (C=O) groups is 1. The van der Waals surface area contributed by atoms with E-state index in [1.165, 1.54) is 6.20 Å². The highest BCUT2D eigenvalue weighted by Gasteiger charge is 2.25. The Morgan fingerprint density at radius 1 is 1.50 bits per heavy atom. The van der Waals surface area contributed by atoms with Crippen LogP contribution in [0, 0.1) is 5.92 Å². The number of nitrogens with two attached hydrogens (primary N) is 1. The van der Waals surface area contributed by atoms with Crippen LogP contribution in [0.2, 0.25) is 5.02 Å². The maximum atomic E-state index is 11.7. The van der Waals surface area contributed by atoms with Crippen LogP contribution in [-0.4, -0.2) is 30.1 Å². The van der Waals surface area contributed by atoms with E-state index in [2.05, 4.69) is 10.3 Å². The van der Waals surface area contributed by atoms with Gasteiger partial charge in [0.1, 0.15) is 6.61 Å². The second-order valence-corrected chi connectivity index (χ2v) is 5.51. The van der Waals surface area contributed by atoms with Crippen molar-refractivity contribution in [3.8, 4) is 5.88 Å². The first-order valence-corrected chi connectivity index (χ1v) is 7.29. The van der Waals surface area contributed by atoms with E-state index in [4.69, 9.17) is 22.1 Å². The second kappa shape index (κ2) is 7.45. The van der Waals surface area contributed by atoms with Crippen molar-refractivity contribution < 1.29 is 9.53 Å². The largest absolute Gasteiger partial charge is 0.476 e. The first-order chi connectivity index (χ1) is 9.65. The SMILES string of the molecule is N[C@@H]1CCC[C@H]1CC(=O)NCCOc1ccc(Cl)cn1. The molecule has 1 fully saturated rings. The van der Waals surface area contributed by atoms with Crippen LogP contribution in [0.3, 0.4) is 0 Å². The molecule has 0 spiro atoms. The standard InChI is InChI=1S/C14H20ClN3O2/c15-11-4-5-14(18-9-11)20-7-6-17-13(19)8-10-2-1-3-12(10)16/h4-5,9-10,12H,1-3,6-8,16H2,(H,17,19)/t10-,12+/m0/s1. The topological polar surface area (TPSA) is 77.2 Å².